The Bertz CT molecular complexity index is 170. The van der Waals surface area contributed by atoms with Gasteiger partial charge >= 0.3 is 0 Å². The highest BCUT2D eigenvalue weighted by Gasteiger charge is 2.08. The maximum atomic E-state index is 5.16. The minimum atomic E-state index is 0.558. The standard InChI is InChI=1S/C12H24N2/c1-6-8-13-10-12(4)14(5)9-7-11(2)3/h1,11-13H,7-10H2,2-5H3. The van der Waals surface area contributed by atoms with Crippen molar-refractivity contribution >= 4 is 0 Å². The summed E-state index contributed by atoms with van der Waals surface area (Å²) in [6.07, 6.45) is 6.42. The van der Waals surface area contributed by atoms with Crippen molar-refractivity contribution in [3.05, 3.63) is 0 Å². The van der Waals surface area contributed by atoms with Gasteiger partial charge in [-0.15, -0.1) is 6.42 Å². The minimum absolute atomic E-state index is 0.558. The summed E-state index contributed by atoms with van der Waals surface area (Å²) in [6, 6.07) is 0.558. The fourth-order valence-corrected chi connectivity index (χ4v) is 1.19. The van der Waals surface area contributed by atoms with Gasteiger partial charge in [-0.3, -0.25) is 0 Å². The molecule has 0 aliphatic rings. The van der Waals surface area contributed by atoms with Crippen molar-refractivity contribution < 1.29 is 0 Å². The summed E-state index contributed by atoms with van der Waals surface area (Å²) in [6.45, 7) is 9.55. The van der Waals surface area contributed by atoms with Gasteiger partial charge in [0.05, 0.1) is 6.54 Å². The Morgan fingerprint density at radius 1 is 1.36 bits per heavy atom. The molecule has 0 aromatic heterocycles. The zero-order valence-electron chi connectivity index (χ0n) is 10.0. The van der Waals surface area contributed by atoms with Crippen LogP contribution < -0.4 is 5.32 Å². The summed E-state index contributed by atoms with van der Waals surface area (Å²) in [7, 11) is 2.17. The molecule has 1 N–H and O–H groups in total. The fraction of sp³-hybridized carbons (Fsp3) is 0.833. The lowest BCUT2D eigenvalue weighted by Gasteiger charge is -2.25. The lowest BCUT2D eigenvalue weighted by atomic mass is 10.1. The van der Waals surface area contributed by atoms with Gasteiger partial charge in [0.2, 0.25) is 0 Å². The molecule has 0 spiro atoms. The number of nitrogens with zero attached hydrogens (tertiary/aromatic N) is 1. The van der Waals surface area contributed by atoms with E-state index in [1.54, 1.807) is 0 Å². The van der Waals surface area contributed by atoms with E-state index in [9.17, 15) is 0 Å². The molecule has 0 bridgehead atoms. The Balaban J connectivity index is 3.55. The molecule has 0 aromatic carbocycles. The second-order valence-corrected chi connectivity index (χ2v) is 4.35. The predicted molar refractivity (Wildman–Crippen MR) is 63.2 cm³/mol. The zero-order chi connectivity index (χ0) is 11.0. The molecule has 1 atom stereocenters. The third-order valence-electron chi connectivity index (χ3n) is 2.48. The van der Waals surface area contributed by atoms with Gasteiger partial charge in [0.15, 0.2) is 0 Å². The van der Waals surface area contributed by atoms with Gasteiger partial charge in [0.1, 0.15) is 0 Å². The van der Waals surface area contributed by atoms with Gasteiger partial charge in [-0.2, -0.15) is 0 Å². The van der Waals surface area contributed by atoms with Crippen LogP contribution in [0.4, 0.5) is 0 Å². The van der Waals surface area contributed by atoms with E-state index in [1.165, 1.54) is 6.42 Å². The SMILES string of the molecule is C#CCNCC(C)N(C)CCC(C)C. The first-order valence-corrected chi connectivity index (χ1v) is 5.42. The molecule has 82 valence electrons. The maximum Gasteiger partial charge on any atom is 0.0574 e. The van der Waals surface area contributed by atoms with E-state index >= 15 is 0 Å². The predicted octanol–water partition coefficient (Wildman–Crippen LogP) is 1.58. The summed E-state index contributed by atoms with van der Waals surface area (Å²) in [5.41, 5.74) is 0. The summed E-state index contributed by atoms with van der Waals surface area (Å²) in [4.78, 5) is 2.38. The quantitative estimate of drug-likeness (QED) is 0.491. The van der Waals surface area contributed by atoms with E-state index < -0.39 is 0 Å². The number of nitrogens with one attached hydrogen (secondary N) is 1. The van der Waals surface area contributed by atoms with E-state index in [0.29, 0.717) is 12.6 Å². The molecule has 0 aliphatic heterocycles. The van der Waals surface area contributed by atoms with Crippen LogP contribution in [-0.2, 0) is 0 Å². The molecule has 2 nitrogen and oxygen atoms in total. The molecule has 0 amide bonds. The molecule has 0 saturated carbocycles. The first-order chi connectivity index (χ1) is 6.57. The second-order valence-electron chi connectivity index (χ2n) is 4.35. The average Bonchev–Trinajstić information content (AvgIpc) is 2.14. The van der Waals surface area contributed by atoms with E-state index in [0.717, 1.165) is 19.0 Å². The first kappa shape index (κ1) is 13.5. The van der Waals surface area contributed by atoms with Gasteiger partial charge in [0, 0.05) is 12.6 Å². The highest BCUT2D eigenvalue weighted by Crippen LogP contribution is 2.03. The Morgan fingerprint density at radius 2 is 2.00 bits per heavy atom. The molecular formula is C12H24N2. The first-order valence-electron chi connectivity index (χ1n) is 5.42. The van der Waals surface area contributed by atoms with Crippen molar-refractivity contribution in [3.8, 4) is 12.3 Å². The normalized spacial score (nSPS) is 13.2. The van der Waals surface area contributed by atoms with Crippen LogP contribution in [0.5, 0.6) is 0 Å². The number of hydrogen-bond donors (Lipinski definition) is 1. The highest BCUT2D eigenvalue weighted by molar-refractivity contribution is 4.87. The summed E-state index contributed by atoms with van der Waals surface area (Å²) in [5, 5.41) is 3.23. The molecule has 0 fully saturated rings. The molecule has 0 rings (SSSR count). The molecular weight excluding hydrogens is 172 g/mol. The van der Waals surface area contributed by atoms with E-state index in [2.05, 4.69) is 44.0 Å². The largest absolute Gasteiger partial charge is 0.305 e. The van der Waals surface area contributed by atoms with E-state index in [4.69, 9.17) is 6.42 Å². The van der Waals surface area contributed by atoms with Crippen LogP contribution >= 0.6 is 0 Å². The van der Waals surface area contributed by atoms with Gasteiger partial charge in [-0.25, -0.2) is 0 Å². The third-order valence-corrected chi connectivity index (χ3v) is 2.48. The number of rotatable bonds is 7. The lowest BCUT2D eigenvalue weighted by molar-refractivity contribution is 0.239. The van der Waals surface area contributed by atoms with Gasteiger partial charge in [-0.05, 0) is 32.9 Å². The van der Waals surface area contributed by atoms with Crippen LogP contribution in [0.25, 0.3) is 0 Å². The summed E-state index contributed by atoms with van der Waals surface area (Å²) >= 11 is 0. The number of terminal acetylenes is 1. The fourth-order valence-electron chi connectivity index (χ4n) is 1.19. The van der Waals surface area contributed by atoms with Crippen LogP contribution in [0.3, 0.4) is 0 Å². The van der Waals surface area contributed by atoms with Crippen LogP contribution in [0, 0.1) is 18.3 Å². The van der Waals surface area contributed by atoms with E-state index in [1.807, 2.05) is 0 Å². The van der Waals surface area contributed by atoms with Crippen molar-refractivity contribution in [2.24, 2.45) is 5.92 Å². The third kappa shape index (κ3) is 6.94. The molecule has 14 heavy (non-hydrogen) atoms. The molecule has 0 heterocycles. The molecule has 0 saturated heterocycles. The topological polar surface area (TPSA) is 15.3 Å². The van der Waals surface area contributed by atoms with Crippen molar-refractivity contribution in [1.82, 2.24) is 10.2 Å². The Labute approximate surface area is 89.1 Å². The Hall–Kier alpha value is -0.520. The van der Waals surface area contributed by atoms with E-state index in [-0.39, 0.29) is 0 Å². The number of hydrogen-bond acceptors (Lipinski definition) is 2. The monoisotopic (exact) mass is 196 g/mol. The van der Waals surface area contributed by atoms with Crippen LogP contribution in [0.15, 0.2) is 0 Å². The average molecular weight is 196 g/mol. The maximum absolute atomic E-state index is 5.16. The van der Waals surface area contributed by atoms with Crippen molar-refractivity contribution in [2.75, 3.05) is 26.7 Å². The Kier molecular flexibility index (Phi) is 7.55. The zero-order valence-corrected chi connectivity index (χ0v) is 10.0. The number of likely N-dealkylation sites (N-methyl/N-ethyl adjacent to an activating group) is 1. The smallest absolute Gasteiger partial charge is 0.0574 e. The van der Waals surface area contributed by atoms with Crippen molar-refractivity contribution in [3.63, 3.8) is 0 Å². The summed E-state index contributed by atoms with van der Waals surface area (Å²) in [5.74, 6) is 3.36. The second kappa shape index (κ2) is 7.84. The van der Waals surface area contributed by atoms with Gasteiger partial charge < -0.3 is 10.2 Å². The minimum Gasteiger partial charge on any atom is -0.305 e. The van der Waals surface area contributed by atoms with Gasteiger partial charge in [0.25, 0.3) is 0 Å². The van der Waals surface area contributed by atoms with Crippen LogP contribution in [-0.4, -0.2) is 37.6 Å². The summed E-state index contributed by atoms with van der Waals surface area (Å²) < 4.78 is 0. The molecule has 1 unspecified atom stereocenters. The molecule has 0 radical (unpaired) electrons. The van der Waals surface area contributed by atoms with Crippen molar-refractivity contribution in [1.29, 1.82) is 0 Å². The highest BCUT2D eigenvalue weighted by atomic mass is 15.1. The van der Waals surface area contributed by atoms with Crippen molar-refractivity contribution in [2.45, 2.75) is 33.2 Å². The molecule has 2 heteroatoms. The van der Waals surface area contributed by atoms with Crippen LogP contribution in [0.1, 0.15) is 27.2 Å². The lowest BCUT2D eigenvalue weighted by Crippen LogP contribution is -2.38. The molecule has 0 aromatic rings. The Morgan fingerprint density at radius 3 is 2.50 bits per heavy atom. The van der Waals surface area contributed by atoms with Gasteiger partial charge in [-0.1, -0.05) is 19.8 Å². The van der Waals surface area contributed by atoms with Crippen LogP contribution in [0.2, 0.25) is 0 Å². The molecule has 0 aliphatic carbocycles.